The van der Waals surface area contributed by atoms with E-state index >= 15 is 0 Å². The number of rotatable bonds is 40. The molecule has 0 aliphatic rings. The Balaban J connectivity index is 4.16. The summed E-state index contributed by atoms with van der Waals surface area (Å²) in [6.07, 6.45) is 40.9. The van der Waals surface area contributed by atoms with Gasteiger partial charge in [-0.1, -0.05) is 207 Å². The van der Waals surface area contributed by atoms with Crippen LogP contribution in [-0.2, 0) is 23.8 Å². The van der Waals surface area contributed by atoms with Crippen molar-refractivity contribution in [1.82, 2.24) is 0 Å². The molecule has 48 heavy (non-hydrogen) atoms. The largest absolute Gasteiger partial charge is 0.462 e. The number of carbonyl (C=O) groups excluding carboxylic acids is 2. The van der Waals surface area contributed by atoms with E-state index < -0.39 is 6.10 Å². The Bertz CT molecular complexity index is 651. The first-order chi connectivity index (χ1) is 23.6. The predicted molar refractivity (Wildman–Crippen MR) is 206 cm³/mol. The van der Waals surface area contributed by atoms with Crippen molar-refractivity contribution in [2.45, 2.75) is 245 Å². The quantitative estimate of drug-likeness (QED) is 0.0476. The first kappa shape index (κ1) is 46.9. The van der Waals surface area contributed by atoms with Gasteiger partial charge in [-0.25, -0.2) is 0 Å². The summed E-state index contributed by atoms with van der Waals surface area (Å²) in [7, 11) is 0. The molecule has 0 aromatic rings. The summed E-state index contributed by atoms with van der Waals surface area (Å²) in [5.74, 6) is -0.384. The molecule has 1 unspecified atom stereocenters. The molecule has 0 aliphatic heterocycles. The van der Waals surface area contributed by atoms with Crippen LogP contribution in [-0.4, -0.2) is 37.9 Å². The van der Waals surface area contributed by atoms with Crippen LogP contribution in [0.2, 0.25) is 0 Å². The summed E-state index contributed by atoms with van der Waals surface area (Å²) >= 11 is 0. The lowest BCUT2D eigenvalue weighted by Crippen LogP contribution is -2.30. The van der Waals surface area contributed by atoms with Crippen molar-refractivity contribution in [3.05, 3.63) is 0 Å². The van der Waals surface area contributed by atoms with Gasteiger partial charge in [-0.05, 0) is 19.3 Å². The van der Waals surface area contributed by atoms with Crippen molar-refractivity contribution in [1.29, 1.82) is 0 Å². The Kier molecular flexibility index (Phi) is 39.4. The Morgan fingerprint density at radius 3 is 1.06 bits per heavy atom. The van der Waals surface area contributed by atoms with Crippen molar-refractivity contribution in [2.24, 2.45) is 0 Å². The smallest absolute Gasteiger partial charge is 0.306 e. The summed E-state index contributed by atoms with van der Waals surface area (Å²) in [6, 6.07) is 0. The van der Waals surface area contributed by atoms with Crippen LogP contribution < -0.4 is 0 Å². The minimum absolute atomic E-state index is 0.0960. The SMILES string of the molecule is CCCCCCCCCCCCCCCC(=O)OCC(COCCCCCCCCCCCC)OC(=O)CCCCCCCCCCC. The molecule has 286 valence electrons. The maximum atomic E-state index is 12.6. The minimum atomic E-state index is -0.519. The maximum Gasteiger partial charge on any atom is 0.306 e. The van der Waals surface area contributed by atoms with E-state index in [0.29, 0.717) is 26.1 Å². The monoisotopic (exact) mass is 681 g/mol. The normalized spacial score (nSPS) is 12.0. The van der Waals surface area contributed by atoms with Crippen LogP contribution in [0.25, 0.3) is 0 Å². The molecule has 0 bridgehead atoms. The van der Waals surface area contributed by atoms with Crippen LogP contribution in [0.3, 0.4) is 0 Å². The molecule has 0 rings (SSSR count). The number of hydrogen-bond donors (Lipinski definition) is 0. The van der Waals surface area contributed by atoms with E-state index in [9.17, 15) is 9.59 Å². The van der Waals surface area contributed by atoms with Gasteiger partial charge in [0.05, 0.1) is 6.61 Å². The lowest BCUT2D eigenvalue weighted by molar-refractivity contribution is -0.163. The van der Waals surface area contributed by atoms with Gasteiger partial charge in [0.1, 0.15) is 6.61 Å². The van der Waals surface area contributed by atoms with Gasteiger partial charge in [-0.2, -0.15) is 0 Å². The molecule has 0 aromatic carbocycles. The first-order valence-electron chi connectivity index (χ1n) is 21.6. The molecule has 0 saturated carbocycles. The number of ether oxygens (including phenoxy) is 3. The molecule has 5 heteroatoms. The zero-order valence-corrected chi connectivity index (χ0v) is 32.8. The maximum absolute atomic E-state index is 12.6. The van der Waals surface area contributed by atoms with Gasteiger partial charge in [-0.3, -0.25) is 9.59 Å². The van der Waals surface area contributed by atoms with E-state index in [-0.39, 0.29) is 18.5 Å². The molecule has 5 nitrogen and oxygen atoms in total. The highest BCUT2D eigenvalue weighted by Crippen LogP contribution is 2.15. The van der Waals surface area contributed by atoms with E-state index in [1.165, 1.54) is 173 Å². The van der Waals surface area contributed by atoms with E-state index in [2.05, 4.69) is 20.8 Å². The number of unbranched alkanes of at least 4 members (excludes halogenated alkanes) is 29. The third-order valence-electron chi connectivity index (χ3n) is 9.64. The Morgan fingerprint density at radius 1 is 0.375 bits per heavy atom. The lowest BCUT2D eigenvalue weighted by atomic mass is 10.0. The number of hydrogen-bond acceptors (Lipinski definition) is 5. The number of carbonyl (C=O) groups is 2. The number of esters is 2. The molecule has 0 saturated heterocycles. The molecule has 0 amide bonds. The fourth-order valence-corrected chi connectivity index (χ4v) is 6.39. The third kappa shape index (κ3) is 37.7. The van der Waals surface area contributed by atoms with Gasteiger partial charge in [0.25, 0.3) is 0 Å². The highest BCUT2D eigenvalue weighted by atomic mass is 16.6. The Hall–Kier alpha value is -1.10. The molecular formula is C43H84O5. The van der Waals surface area contributed by atoms with Crippen molar-refractivity contribution in [3.8, 4) is 0 Å². The Labute approximate surface area is 300 Å². The fourth-order valence-electron chi connectivity index (χ4n) is 6.39. The van der Waals surface area contributed by atoms with Gasteiger partial charge in [-0.15, -0.1) is 0 Å². The molecule has 0 spiro atoms. The molecular weight excluding hydrogens is 596 g/mol. The zero-order valence-electron chi connectivity index (χ0n) is 32.8. The second kappa shape index (κ2) is 40.3. The van der Waals surface area contributed by atoms with E-state index in [0.717, 1.165) is 32.1 Å². The van der Waals surface area contributed by atoms with Crippen molar-refractivity contribution < 1.29 is 23.8 Å². The van der Waals surface area contributed by atoms with Crippen LogP contribution in [0.1, 0.15) is 239 Å². The average Bonchev–Trinajstić information content (AvgIpc) is 3.08. The van der Waals surface area contributed by atoms with Crippen LogP contribution in [0, 0.1) is 0 Å². The zero-order chi connectivity index (χ0) is 35.0. The van der Waals surface area contributed by atoms with Crippen LogP contribution in [0.15, 0.2) is 0 Å². The third-order valence-corrected chi connectivity index (χ3v) is 9.64. The highest BCUT2D eigenvalue weighted by molar-refractivity contribution is 5.70. The summed E-state index contributed by atoms with van der Waals surface area (Å²) in [4.78, 5) is 25.1. The average molecular weight is 681 g/mol. The second-order valence-electron chi connectivity index (χ2n) is 14.6. The van der Waals surface area contributed by atoms with Crippen LogP contribution in [0.4, 0.5) is 0 Å². The standard InChI is InChI=1S/C43H84O5/c1-4-7-10-13-16-19-21-22-23-25-27-30-33-36-42(44)47-40-41(39-46-38-35-32-29-26-20-17-14-11-8-5-2)48-43(45)37-34-31-28-24-18-15-12-9-6-3/h41H,4-40H2,1-3H3. The van der Waals surface area contributed by atoms with E-state index in [4.69, 9.17) is 14.2 Å². The minimum Gasteiger partial charge on any atom is -0.462 e. The van der Waals surface area contributed by atoms with Crippen molar-refractivity contribution in [2.75, 3.05) is 19.8 Å². The molecule has 1 atom stereocenters. The summed E-state index contributed by atoms with van der Waals surface area (Å²) < 4.78 is 17.2. The molecule has 0 aliphatic carbocycles. The van der Waals surface area contributed by atoms with Crippen molar-refractivity contribution in [3.63, 3.8) is 0 Å². The van der Waals surface area contributed by atoms with Crippen LogP contribution >= 0.6 is 0 Å². The van der Waals surface area contributed by atoms with E-state index in [1.54, 1.807) is 0 Å². The molecule has 0 radical (unpaired) electrons. The van der Waals surface area contributed by atoms with E-state index in [1.807, 2.05) is 0 Å². The van der Waals surface area contributed by atoms with Crippen molar-refractivity contribution >= 4 is 11.9 Å². The fraction of sp³-hybridized carbons (Fsp3) is 0.953. The van der Waals surface area contributed by atoms with Crippen LogP contribution in [0.5, 0.6) is 0 Å². The topological polar surface area (TPSA) is 61.8 Å². The van der Waals surface area contributed by atoms with Gasteiger partial charge in [0, 0.05) is 19.4 Å². The molecule has 0 fully saturated rings. The second-order valence-corrected chi connectivity index (χ2v) is 14.6. The molecule has 0 heterocycles. The molecule has 0 N–H and O–H groups in total. The Morgan fingerprint density at radius 2 is 0.688 bits per heavy atom. The molecule has 0 aromatic heterocycles. The summed E-state index contributed by atoms with van der Waals surface area (Å²) in [5, 5.41) is 0. The highest BCUT2D eigenvalue weighted by Gasteiger charge is 2.17. The van der Waals surface area contributed by atoms with Gasteiger partial charge in [0.15, 0.2) is 6.10 Å². The van der Waals surface area contributed by atoms with Gasteiger partial charge < -0.3 is 14.2 Å². The van der Waals surface area contributed by atoms with Gasteiger partial charge >= 0.3 is 11.9 Å². The van der Waals surface area contributed by atoms with Gasteiger partial charge in [0.2, 0.25) is 0 Å². The predicted octanol–water partition coefficient (Wildman–Crippen LogP) is 13.8. The summed E-state index contributed by atoms with van der Waals surface area (Å²) in [6.45, 7) is 7.84. The lowest BCUT2D eigenvalue weighted by Gasteiger charge is -2.18. The summed E-state index contributed by atoms with van der Waals surface area (Å²) in [5.41, 5.74) is 0. The first-order valence-corrected chi connectivity index (χ1v) is 21.6.